The van der Waals surface area contributed by atoms with E-state index in [9.17, 15) is 12.8 Å². The van der Waals surface area contributed by atoms with Gasteiger partial charge in [-0.2, -0.15) is 0 Å². The molecule has 7 heteroatoms. The molecule has 1 aliphatic heterocycles. The minimum absolute atomic E-state index is 0.103. The van der Waals surface area contributed by atoms with Crippen LogP contribution in [0.15, 0.2) is 29.2 Å². The Kier molecular flexibility index (Phi) is 6.31. The first-order chi connectivity index (χ1) is 10.5. The summed E-state index contributed by atoms with van der Waals surface area (Å²) in [6.07, 6.45) is 2.99. The standard InChI is InChI=1S/C15H24FN3O2S/c16-14-1-3-15(4-2-14)22(20,21)18-9-5-13-6-10-19(11-7-13)12-8-17/h1-4,13,18H,5-12,17H2. The van der Waals surface area contributed by atoms with E-state index < -0.39 is 15.8 Å². The molecular weight excluding hydrogens is 305 g/mol. The van der Waals surface area contributed by atoms with Gasteiger partial charge in [0, 0.05) is 19.6 Å². The van der Waals surface area contributed by atoms with Crippen LogP contribution in [0.5, 0.6) is 0 Å². The molecule has 0 amide bonds. The predicted molar refractivity (Wildman–Crippen MR) is 84.4 cm³/mol. The van der Waals surface area contributed by atoms with E-state index in [0.717, 1.165) is 51.0 Å². The lowest BCUT2D eigenvalue weighted by atomic mass is 9.94. The summed E-state index contributed by atoms with van der Waals surface area (Å²) in [7, 11) is -3.54. The van der Waals surface area contributed by atoms with Gasteiger partial charge in [0.2, 0.25) is 10.0 Å². The first-order valence-electron chi connectivity index (χ1n) is 7.69. The lowest BCUT2D eigenvalue weighted by Crippen LogP contribution is -2.37. The van der Waals surface area contributed by atoms with E-state index >= 15 is 0 Å². The summed E-state index contributed by atoms with van der Waals surface area (Å²) in [5.41, 5.74) is 5.54. The topological polar surface area (TPSA) is 75.4 Å². The summed E-state index contributed by atoms with van der Waals surface area (Å²) in [5.74, 6) is 0.105. The third kappa shape index (κ3) is 5.01. The second kappa shape index (κ2) is 8.01. The summed E-state index contributed by atoms with van der Waals surface area (Å²) in [5, 5.41) is 0. The lowest BCUT2D eigenvalue weighted by Gasteiger charge is -2.31. The first kappa shape index (κ1) is 17.3. The highest BCUT2D eigenvalue weighted by Gasteiger charge is 2.19. The molecule has 0 aliphatic carbocycles. The summed E-state index contributed by atoms with van der Waals surface area (Å²) in [4.78, 5) is 2.45. The highest BCUT2D eigenvalue weighted by Crippen LogP contribution is 2.20. The van der Waals surface area contributed by atoms with Crippen molar-refractivity contribution >= 4 is 10.0 Å². The highest BCUT2D eigenvalue weighted by molar-refractivity contribution is 7.89. The number of likely N-dealkylation sites (tertiary alicyclic amines) is 1. The smallest absolute Gasteiger partial charge is 0.240 e. The maximum Gasteiger partial charge on any atom is 0.240 e. The van der Waals surface area contributed by atoms with Gasteiger partial charge < -0.3 is 10.6 Å². The average molecular weight is 329 g/mol. The Morgan fingerprint density at radius 2 is 1.86 bits per heavy atom. The number of nitrogens with zero attached hydrogens (tertiary/aromatic N) is 1. The number of nitrogens with two attached hydrogens (primary N) is 1. The number of piperidine rings is 1. The van der Waals surface area contributed by atoms with Gasteiger partial charge in [0.05, 0.1) is 4.90 Å². The van der Waals surface area contributed by atoms with E-state index in [-0.39, 0.29) is 4.90 Å². The van der Waals surface area contributed by atoms with E-state index in [4.69, 9.17) is 5.73 Å². The molecule has 0 saturated carbocycles. The van der Waals surface area contributed by atoms with Crippen molar-refractivity contribution in [2.45, 2.75) is 24.2 Å². The fourth-order valence-electron chi connectivity index (χ4n) is 2.78. The maximum atomic E-state index is 12.8. The van der Waals surface area contributed by atoms with Crippen molar-refractivity contribution in [1.82, 2.24) is 9.62 Å². The molecule has 0 aromatic heterocycles. The second-order valence-electron chi connectivity index (χ2n) is 5.71. The zero-order chi connectivity index (χ0) is 16.0. The zero-order valence-electron chi connectivity index (χ0n) is 12.7. The van der Waals surface area contributed by atoms with Crippen LogP contribution in [0, 0.1) is 11.7 Å². The van der Waals surface area contributed by atoms with E-state index in [2.05, 4.69) is 9.62 Å². The Hall–Kier alpha value is -1.02. The van der Waals surface area contributed by atoms with Gasteiger partial charge in [0.1, 0.15) is 5.82 Å². The van der Waals surface area contributed by atoms with Crippen molar-refractivity contribution in [1.29, 1.82) is 0 Å². The number of nitrogens with one attached hydrogen (secondary N) is 1. The predicted octanol–water partition coefficient (Wildman–Crippen LogP) is 1.16. The first-order valence-corrected chi connectivity index (χ1v) is 9.17. The highest BCUT2D eigenvalue weighted by atomic mass is 32.2. The zero-order valence-corrected chi connectivity index (χ0v) is 13.5. The normalized spacial score (nSPS) is 17.7. The lowest BCUT2D eigenvalue weighted by molar-refractivity contribution is 0.184. The molecule has 0 unspecified atom stereocenters. The molecule has 1 aromatic rings. The van der Waals surface area contributed by atoms with Crippen molar-refractivity contribution in [3.05, 3.63) is 30.1 Å². The molecule has 1 aliphatic rings. The van der Waals surface area contributed by atoms with E-state index in [1.165, 1.54) is 12.1 Å². The van der Waals surface area contributed by atoms with Crippen LogP contribution in [-0.4, -0.2) is 46.0 Å². The van der Waals surface area contributed by atoms with Crippen molar-refractivity contribution in [3.63, 3.8) is 0 Å². The second-order valence-corrected chi connectivity index (χ2v) is 7.48. The molecule has 1 saturated heterocycles. The quantitative estimate of drug-likeness (QED) is 0.787. The number of benzene rings is 1. The van der Waals surface area contributed by atoms with Crippen LogP contribution < -0.4 is 10.5 Å². The monoisotopic (exact) mass is 329 g/mol. The molecule has 3 N–H and O–H groups in total. The number of hydrogen-bond donors (Lipinski definition) is 2. The minimum atomic E-state index is -3.54. The van der Waals surface area contributed by atoms with Crippen LogP contribution in [0.25, 0.3) is 0 Å². The van der Waals surface area contributed by atoms with Gasteiger partial charge in [-0.3, -0.25) is 0 Å². The maximum absolute atomic E-state index is 12.8. The average Bonchev–Trinajstić information content (AvgIpc) is 2.50. The third-order valence-corrected chi connectivity index (χ3v) is 5.60. The molecule has 2 rings (SSSR count). The minimum Gasteiger partial charge on any atom is -0.329 e. The number of rotatable bonds is 7. The molecule has 124 valence electrons. The Balaban J connectivity index is 1.75. The Morgan fingerprint density at radius 1 is 1.23 bits per heavy atom. The Morgan fingerprint density at radius 3 is 2.45 bits per heavy atom. The van der Waals surface area contributed by atoms with Crippen molar-refractivity contribution in [3.8, 4) is 0 Å². The van der Waals surface area contributed by atoms with Crippen LogP contribution in [-0.2, 0) is 10.0 Å². The number of sulfonamides is 1. The molecule has 1 aromatic carbocycles. The fourth-order valence-corrected chi connectivity index (χ4v) is 3.82. The van der Waals surface area contributed by atoms with Crippen LogP contribution in [0.2, 0.25) is 0 Å². The van der Waals surface area contributed by atoms with Crippen LogP contribution >= 0.6 is 0 Å². The molecule has 1 heterocycles. The number of halogens is 1. The van der Waals surface area contributed by atoms with E-state index in [1.54, 1.807) is 0 Å². The van der Waals surface area contributed by atoms with Gasteiger partial charge >= 0.3 is 0 Å². The molecule has 5 nitrogen and oxygen atoms in total. The van der Waals surface area contributed by atoms with E-state index in [1.807, 2.05) is 0 Å². The molecule has 0 atom stereocenters. The summed E-state index contributed by atoms with van der Waals surface area (Å²) in [6, 6.07) is 4.87. The van der Waals surface area contributed by atoms with E-state index in [0.29, 0.717) is 19.0 Å². The van der Waals surface area contributed by atoms with Crippen LogP contribution in [0.1, 0.15) is 19.3 Å². The fraction of sp³-hybridized carbons (Fsp3) is 0.600. The van der Waals surface area contributed by atoms with Crippen LogP contribution in [0.4, 0.5) is 4.39 Å². The largest absolute Gasteiger partial charge is 0.329 e. The van der Waals surface area contributed by atoms with Gasteiger partial charge in [-0.25, -0.2) is 17.5 Å². The summed E-state index contributed by atoms with van der Waals surface area (Å²) in [6.45, 7) is 4.10. The molecule has 0 spiro atoms. The molecule has 0 radical (unpaired) electrons. The molecular formula is C15H24FN3O2S. The SMILES string of the molecule is NCCN1CCC(CCNS(=O)(=O)c2ccc(F)cc2)CC1. The van der Waals surface area contributed by atoms with Crippen molar-refractivity contribution in [2.75, 3.05) is 32.7 Å². The summed E-state index contributed by atoms with van der Waals surface area (Å²) < 4.78 is 39.6. The van der Waals surface area contributed by atoms with Gasteiger partial charge in [0.15, 0.2) is 0 Å². The molecule has 0 bridgehead atoms. The van der Waals surface area contributed by atoms with Gasteiger partial charge in [0.25, 0.3) is 0 Å². The van der Waals surface area contributed by atoms with Gasteiger partial charge in [-0.1, -0.05) is 0 Å². The van der Waals surface area contributed by atoms with Crippen molar-refractivity contribution < 1.29 is 12.8 Å². The Labute approximate surface area is 131 Å². The Bertz CT molecular complexity index is 555. The van der Waals surface area contributed by atoms with Crippen LogP contribution in [0.3, 0.4) is 0 Å². The number of hydrogen-bond acceptors (Lipinski definition) is 4. The molecule has 22 heavy (non-hydrogen) atoms. The van der Waals surface area contributed by atoms with Crippen molar-refractivity contribution in [2.24, 2.45) is 11.7 Å². The van der Waals surface area contributed by atoms with Gasteiger partial charge in [-0.05, 0) is 62.5 Å². The van der Waals surface area contributed by atoms with Gasteiger partial charge in [-0.15, -0.1) is 0 Å². The summed E-state index contributed by atoms with van der Waals surface area (Å²) >= 11 is 0. The molecule has 1 fully saturated rings. The third-order valence-electron chi connectivity index (χ3n) is 4.12.